The van der Waals surface area contributed by atoms with Crippen LogP contribution in [0.5, 0.6) is 5.75 Å². The zero-order valence-corrected chi connectivity index (χ0v) is 12.8. The van der Waals surface area contributed by atoms with Crippen LogP contribution < -0.4 is 10.5 Å². The third kappa shape index (κ3) is 2.46. The van der Waals surface area contributed by atoms with Crippen molar-refractivity contribution in [2.45, 2.75) is 69.8 Å². The van der Waals surface area contributed by atoms with Crippen LogP contribution in [0.4, 0.5) is 0 Å². The van der Waals surface area contributed by atoms with Crippen LogP contribution in [0.25, 0.3) is 0 Å². The first kappa shape index (κ1) is 13.9. The van der Waals surface area contributed by atoms with Crippen molar-refractivity contribution in [3.05, 3.63) is 29.3 Å². The molecule has 0 amide bonds. The lowest BCUT2D eigenvalue weighted by Crippen LogP contribution is -2.44. The molecule has 2 nitrogen and oxygen atoms in total. The Kier molecular flexibility index (Phi) is 3.76. The maximum Gasteiger partial charge on any atom is 0.123 e. The highest BCUT2D eigenvalue weighted by Gasteiger charge is 2.41. The maximum atomic E-state index is 6.47. The highest BCUT2D eigenvalue weighted by Crippen LogP contribution is 2.47. The standard InChI is InChI=1S/C18H27NO/c1-13(2)14-6-7-17-16(10-14)15(12-19)11-18(20-17)8-4-3-5-9-18/h6-7,10,13,15H,3-5,8-9,11-12,19H2,1-2H3. The lowest BCUT2D eigenvalue weighted by atomic mass is 9.74. The Hall–Kier alpha value is -1.02. The van der Waals surface area contributed by atoms with Gasteiger partial charge in [-0.1, -0.05) is 32.4 Å². The topological polar surface area (TPSA) is 35.2 Å². The first-order chi connectivity index (χ1) is 9.63. The highest BCUT2D eigenvalue weighted by molar-refractivity contribution is 5.43. The number of hydrogen-bond donors (Lipinski definition) is 1. The van der Waals surface area contributed by atoms with E-state index >= 15 is 0 Å². The molecule has 110 valence electrons. The quantitative estimate of drug-likeness (QED) is 0.870. The van der Waals surface area contributed by atoms with E-state index in [1.54, 1.807) is 0 Å². The Bertz CT molecular complexity index is 474. The summed E-state index contributed by atoms with van der Waals surface area (Å²) in [5.41, 5.74) is 8.89. The molecule has 1 spiro atoms. The zero-order valence-electron chi connectivity index (χ0n) is 12.8. The van der Waals surface area contributed by atoms with Crippen LogP contribution in [0.15, 0.2) is 18.2 Å². The summed E-state index contributed by atoms with van der Waals surface area (Å²) in [5, 5.41) is 0. The summed E-state index contributed by atoms with van der Waals surface area (Å²) in [6.07, 6.45) is 7.48. The summed E-state index contributed by atoms with van der Waals surface area (Å²) in [4.78, 5) is 0. The minimum absolute atomic E-state index is 0.0780. The van der Waals surface area contributed by atoms with Gasteiger partial charge in [-0.3, -0.25) is 0 Å². The summed E-state index contributed by atoms with van der Waals surface area (Å²) in [7, 11) is 0. The second-order valence-electron chi connectivity index (χ2n) is 6.93. The molecule has 1 aromatic carbocycles. The Labute approximate surface area is 122 Å². The number of fused-ring (bicyclic) bond motifs is 1. The summed E-state index contributed by atoms with van der Waals surface area (Å²) in [6.45, 7) is 5.22. The van der Waals surface area contributed by atoms with Gasteiger partial charge in [0.05, 0.1) is 0 Å². The van der Waals surface area contributed by atoms with Crippen molar-refractivity contribution in [2.75, 3.05) is 6.54 Å². The molecule has 0 bridgehead atoms. The van der Waals surface area contributed by atoms with Crippen LogP contribution in [0, 0.1) is 0 Å². The van der Waals surface area contributed by atoms with E-state index in [2.05, 4.69) is 32.0 Å². The third-order valence-electron chi connectivity index (χ3n) is 5.13. The van der Waals surface area contributed by atoms with E-state index in [-0.39, 0.29) is 5.60 Å². The maximum absolute atomic E-state index is 6.47. The molecule has 1 aromatic rings. The minimum atomic E-state index is 0.0780. The largest absolute Gasteiger partial charge is 0.487 e. The number of nitrogens with two attached hydrogens (primary N) is 1. The molecule has 3 rings (SSSR count). The van der Waals surface area contributed by atoms with E-state index in [9.17, 15) is 0 Å². The summed E-state index contributed by atoms with van der Waals surface area (Å²) in [6, 6.07) is 6.73. The van der Waals surface area contributed by atoms with Crippen molar-refractivity contribution in [1.29, 1.82) is 0 Å². The van der Waals surface area contributed by atoms with E-state index in [1.807, 2.05) is 0 Å². The van der Waals surface area contributed by atoms with Gasteiger partial charge in [0.25, 0.3) is 0 Å². The van der Waals surface area contributed by atoms with Gasteiger partial charge in [0, 0.05) is 5.92 Å². The van der Waals surface area contributed by atoms with E-state index in [1.165, 1.54) is 43.2 Å². The lowest BCUT2D eigenvalue weighted by Gasteiger charge is -2.44. The Morgan fingerprint density at radius 1 is 1.25 bits per heavy atom. The number of ether oxygens (including phenoxy) is 1. The molecular formula is C18H27NO. The fraction of sp³-hybridized carbons (Fsp3) is 0.667. The van der Waals surface area contributed by atoms with Crippen molar-refractivity contribution in [2.24, 2.45) is 5.73 Å². The number of rotatable bonds is 2. The van der Waals surface area contributed by atoms with Crippen LogP contribution in [-0.2, 0) is 0 Å². The first-order valence-corrected chi connectivity index (χ1v) is 8.16. The van der Waals surface area contributed by atoms with Gasteiger partial charge < -0.3 is 10.5 Å². The average Bonchev–Trinajstić information content (AvgIpc) is 2.46. The molecule has 0 aromatic heterocycles. The molecule has 1 aliphatic carbocycles. The summed E-state index contributed by atoms with van der Waals surface area (Å²) in [5.74, 6) is 2.12. The number of hydrogen-bond acceptors (Lipinski definition) is 2. The van der Waals surface area contributed by atoms with E-state index in [4.69, 9.17) is 10.5 Å². The third-order valence-corrected chi connectivity index (χ3v) is 5.13. The van der Waals surface area contributed by atoms with Gasteiger partial charge in [-0.15, -0.1) is 0 Å². The normalized spacial score (nSPS) is 24.5. The average molecular weight is 273 g/mol. The molecule has 0 saturated heterocycles. The molecule has 2 heteroatoms. The molecule has 2 N–H and O–H groups in total. The number of benzene rings is 1. The van der Waals surface area contributed by atoms with Crippen LogP contribution in [0.2, 0.25) is 0 Å². The summed E-state index contributed by atoms with van der Waals surface area (Å²) >= 11 is 0. The van der Waals surface area contributed by atoms with Crippen LogP contribution in [-0.4, -0.2) is 12.1 Å². The Morgan fingerprint density at radius 2 is 2.00 bits per heavy atom. The Morgan fingerprint density at radius 3 is 2.65 bits per heavy atom. The van der Waals surface area contributed by atoms with Gasteiger partial charge in [0.15, 0.2) is 0 Å². The van der Waals surface area contributed by atoms with Crippen LogP contribution in [0.1, 0.15) is 75.3 Å². The SMILES string of the molecule is CC(C)c1ccc2c(c1)C(CN)CC1(CCCCC1)O2. The van der Waals surface area contributed by atoms with Gasteiger partial charge in [-0.2, -0.15) is 0 Å². The van der Waals surface area contributed by atoms with Crippen LogP contribution in [0.3, 0.4) is 0 Å². The second kappa shape index (κ2) is 5.40. The Balaban J connectivity index is 1.95. The van der Waals surface area contributed by atoms with Gasteiger partial charge in [-0.25, -0.2) is 0 Å². The zero-order chi connectivity index (χ0) is 14.2. The monoisotopic (exact) mass is 273 g/mol. The van der Waals surface area contributed by atoms with Crippen LogP contribution >= 0.6 is 0 Å². The van der Waals surface area contributed by atoms with Crippen molar-refractivity contribution in [1.82, 2.24) is 0 Å². The van der Waals surface area contributed by atoms with Crippen molar-refractivity contribution < 1.29 is 4.74 Å². The van der Waals surface area contributed by atoms with Gasteiger partial charge >= 0.3 is 0 Å². The fourth-order valence-electron chi connectivity index (χ4n) is 3.88. The van der Waals surface area contributed by atoms with Gasteiger partial charge in [0.1, 0.15) is 11.4 Å². The molecular weight excluding hydrogens is 246 g/mol. The highest BCUT2D eigenvalue weighted by atomic mass is 16.5. The molecule has 0 radical (unpaired) electrons. The first-order valence-electron chi connectivity index (χ1n) is 8.16. The smallest absolute Gasteiger partial charge is 0.123 e. The molecule has 1 heterocycles. The minimum Gasteiger partial charge on any atom is -0.487 e. The van der Waals surface area contributed by atoms with Gasteiger partial charge in [0.2, 0.25) is 0 Å². The second-order valence-corrected chi connectivity index (χ2v) is 6.93. The molecule has 1 atom stereocenters. The van der Waals surface area contributed by atoms with Crippen molar-refractivity contribution in [3.8, 4) is 5.75 Å². The molecule has 2 aliphatic rings. The summed E-state index contributed by atoms with van der Waals surface area (Å²) < 4.78 is 6.47. The molecule has 20 heavy (non-hydrogen) atoms. The molecule has 1 saturated carbocycles. The van der Waals surface area contributed by atoms with Gasteiger partial charge in [-0.05, 0) is 61.8 Å². The lowest BCUT2D eigenvalue weighted by molar-refractivity contribution is 0.00216. The van der Waals surface area contributed by atoms with Crippen molar-refractivity contribution in [3.63, 3.8) is 0 Å². The van der Waals surface area contributed by atoms with E-state index in [0.29, 0.717) is 11.8 Å². The predicted octanol–water partition coefficient (Wildman–Crippen LogP) is 4.34. The van der Waals surface area contributed by atoms with E-state index < -0.39 is 0 Å². The predicted molar refractivity (Wildman–Crippen MR) is 83.4 cm³/mol. The van der Waals surface area contributed by atoms with Crippen molar-refractivity contribution >= 4 is 0 Å². The fourth-order valence-corrected chi connectivity index (χ4v) is 3.88. The van der Waals surface area contributed by atoms with E-state index in [0.717, 1.165) is 18.7 Å². The molecule has 1 aliphatic heterocycles. The molecule has 1 unspecified atom stereocenters. The molecule has 1 fully saturated rings.